The number of pyridine rings is 1. The molecule has 20 heavy (non-hydrogen) atoms. The Kier molecular flexibility index (Phi) is 4.12. The average molecular weight is 351 g/mol. The Morgan fingerprint density at radius 3 is 2.55 bits per heavy atom. The lowest BCUT2D eigenvalue weighted by Gasteiger charge is -2.13. The van der Waals surface area contributed by atoms with Crippen molar-refractivity contribution in [3.8, 4) is 16.9 Å². The second kappa shape index (κ2) is 5.66. The van der Waals surface area contributed by atoms with Crippen LogP contribution in [0.5, 0.6) is 5.75 Å². The molecule has 2 N–H and O–H groups in total. The van der Waals surface area contributed by atoms with E-state index in [-0.39, 0.29) is 21.3 Å². The highest BCUT2D eigenvalue weighted by molar-refractivity contribution is 9.10. The highest BCUT2D eigenvalue weighted by atomic mass is 79.9. The van der Waals surface area contributed by atoms with E-state index in [1.54, 1.807) is 0 Å². The van der Waals surface area contributed by atoms with Crippen LogP contribution in [0.3, 0.4) is 0 Å². The lowest BCUT2D eigenvalue weighted by atomic mass is 10.0. The van der Waals surface area contributed by atoms with Gasteiger partial charge in [-0.05, 0) is 33.6 Å². The Hall–Kier alpha value is -1.83. The van der Waals surface area contributed by atoms with Gasteiger partial charge in [0.1, 0.15) is 0 Å². The van der Waals surface area contributed by atoms with E-state index >= 15 is 0 Å². The van der Waals surface area contributed by atoms with Gasteiger partial charge in [-0.3, -0.25) is 0 Å². The minimum Gasteiger partial charge on any atom is -0.432 e. The summed E-state index contributed by atoms with van der Waals surface area (Å²) in [5.41, 5.74) is 6.04. The lowest BCUT2D eigenvalue weighted by molar-refractivity contribution is -0.0522. The SMILES string of the molecule is Nc1c(-c2ccnc(F)c2)cc(OC(F)F)c(F)c1Br. The third-order valence-corrected chi connectivity index (χ3v) is 3.24. The number of nitrogens with zero attached hydrogens (tertiary/aromatic N) is 1. The molecule has 0 amide bonds. The number of nitrogen functional groups attached to an aromatic ring is 1. The largest absolute Gasteiger partial charge is 0.432 e. The zero-order chi connectivity index (χ0) is 14.9. The van der Waals surface area contributed by atoms with Gasteiger partial charge in [-0.1, -0.05) is 0 Å². The quantitative estimate of drug-likeness (QED) is 0.517. The standard InChI is InChI=1S/C12H7BrF4N2O/c13-9-10(15)7(20-12(16)17)4-6(11(9)18)5-1-2-19-8(14)3-5/h1-4,12H,18H2. The van der Waals surface area contributed by atoms with Crippen LogP contribution in [0.15, 0.2) is 28.9 Å². The highest BCUT2D eigenvalue weighted by Gasteiger charge is 2.19. The molecular weight excluding hydrogens is 344 g/mol. The van der Waals surface area contributed by atoms with E-state index in [9.17, 15) is 17.6 Å². The van der Waals surface area contributed by atoms with Gasteiger partial charge in [-0.2, -0.15) is 13.2 Å². The van der Waals surface area contributed by atoms with Crippen molar-refractivity contribution >= 4 is 21.6 Å². The van der Waals surface area contributed by atoms with Gasteiger partial charge in [-0.15, -0.1) is 0 Å². The lowest BCUT2D eigenvalue weighted by Crippen LogP contribution is -2.06. The summed E-state index contributed by atoms with van der Waals surface area (Å²) in [7, 11) is 0. The number of rotatable bonds is 3. The summed E-state index contributed by atoms with van der Waals surface area (Å²) in [5.74, 6) is -2.52. The molecule has 2 aromatic rings. The van der Waals surface area contributed by atoms with Crippen LogP contribution in [0.1, 0.15) is 0 Å². The van der Waals surface area contributed by atoms with Crippen LogP contribution in [0.2, 0.25) is 0 Å². The first-order valence-corrected chi connectivity index (χ1v) is 6.03. The summed E-state index contributed by atoms with van der Waals surface area (Å²) < 4.78 is 55.1. The highest BCUT2D eigenvalue weighted by Crippen LogP contribution is 2.39. The number of benzene rings is 1. The summed E-state index contributed by atoms with van der Waals surface area (Å²) in [6, 6.07) is 3.43. The summed E-state index contributed by atoms with van der Waals surface area (Å²) in [4.78, 5) is 3.36. The molecule has 106 valence electrons. The second-order valence-corrected chi connectivity index (χ2v) is 4.50. The number of nitrogens with two attached hydrogens (primary N) is 1. The molecule has 0 fully saturated rings. The Morgan fingerprint density at radius 2 is 1.95 bits per heavy atom. The monoisotopic (exact) mass is 350 g/mol. The number of alkyl halides is 2. The normalized spacial score (nSPS) is 10.9. The predicted molar refractivity (Wildman–Crippen MR) is 68.3 cm³/mol. The molecule has 8 heteroatoms. The molecular formula is C12H7BrF4N2O. The fourth-order valence-electron chi connectivity index (χ4n) is 1.61. The van der Waals surface area contributed by atoms with Crippen LogP contribution in [-0.2, 0) is 0 Å². The minimum atomic E-state index is -3.19. The number of halogens is 5. The molecule has 0 saturated heterocycles. The van der Waals surface area contributed by atoms with Crippen molar-refractivity contribution in [2.45, 2.75) is 6.61 Å². The summed E-state index contributed by atoms with van der Waals surface area (Å²) in [5, 5.41) is 0. The minimum absolute atomic E-state index is 0.0604. The van der Waals surface area contributed by atoms with Crippen LogP contribution < -0.4 is 10.5 Å². The first-order valence-electron chi connectivity index (χ1n) is 5.24. The molecule has 0 aliphatic rings. The zero-order valence-corrected chi connectivity index (χ0v) is 11.3. The van der Waals surface area contributed by atoms with Crippen LogP contribution in [-0.4, -0.2) is 11.6 Å². The molecule has 0 saturated carbocycles. The van der Waals surface area contributed by atoms with Gasteiger partial charge in [0, 0.05) is 17.8 Å². The van der Waals surface area contributed by atoms with Gasteiger partial charge in [0.05, 0.1) is 10.2 Å². The van der Waals surface area contributed by atoms with Gasteiger partial charge >= 0.3 is 6.61 Å². The van der Waals surface area contributed by atoms with Crippen molar-refractivity contribution in [3.63, 3.8) is 0 Å². The van der Waals surface area contributed by atoms with E-state index in [1.165, 1.54) is 12.3 Å². The fraction of sp³-hybridized carbons (Fsp3) is 0.0833. The van der Waals surface area contributed by atoms with E-state index < -0.39 is 24.1 Å². The van der Waals surface area contributed by atoms with Gasteiger partial charge in [0.25, 0.3) is 0 Å². The molecule has 0 unspecified atom stereocenters. The van der Waals surface area contributed by atoms with Gasteiger partial charge in [0.15, 0.2) is 11.6 Å². The van der Waals surface area contributed by atoms with Crippen molar-refractivity contribution < 1.29 is 22.3 Å². The molecule has 0 spiro atoms. The molecule has 1 aromatic carbocycles. The van der Waals surface area contributed by atoms with Crippen molar-refractivity contribution in [3.05, 3.63) is 40.6 Å². The van der Waals surface area contributed by atoms with Crippen LogP contribution >= 0.6 is 15.9 Å². The van der Waals surface area contributed by atoms with Crippen molar-refractivity contribution in [1.82, 2.24) is 4.98 Å². The molecule has 0 aliphatic heterocycles. The Labute approximate surface area is 119 Å². The molecule has 1 aromatic heterocycles. The van der Waals surface area contributed by atoms with Crippen molar-refractivity contribution in [2.75, 3.05) is 5.73 Å². The summed E-state index contributed by atoms with van der Waals surface area (Å²) in [6.45, 7) is -3.19. The predicted octanol–water partition coefficient (Wildman–Crippen LogP) is 3.97. The smallest absolute Gasteiger partial charge is 0.387 e. The molecule has 0 atom stereocenters. The van der Waals surface area contributed by atoms with Gasteiger partial charge in [0.2, 0.25) is 5.95 Å². The van der Waals surface area contributed by atoms with E-state index in [2.05, 4.69) is 25.7 Å². The first-order chi connectivity index (χ1) is 9.40. The van der Waals surface area contributed by atoms with Crippen LogP contribution in [0, 0.1) is 11.8 Å². The van der Waals surface area contributed by atoms with Crippen LogP contribution in [0.4, 0.5) is 23.2 Å². The van der Waals surface area contributed by atoms with Gasteiger partial charge in [-0.25, -0.2) is 9.37 Å². The van der Waals surface area contributed by atoms with E-state index in [4.69, 9.17) is 5.73 Å². The summed E-state index contributed by atoms with van der Waals surface area (Å²) in [6.07, 6.45) is 1.18. The fourth-order valence-corrected chi connectivity index (χ4v) is 2.02. The van der Waals surface area contributed by atoms with E-state index in [1.807, 2.05) is 0 Å². The maximum atomic E-state index is 13.7. The first kappa shape index (κ1) is 14.6. The summed E-state index contributed by atoms with van der Waals surface area (Å²) >= 11 is 2.85. The number of hydrogen-bond donors (Lipinski definition) is 1. The molecule has 2 rings (SSSR count). The third kappa shape index (κ3) is 2.84. The maximum absolute atomic E-state index is 13.7. The van der Waals surface area contributed by atoms with Crippen molar-refractivity contribution in [2.24, 2.45) is 0 Å². The molecule has 3 nitrogen and oxygen atoms in total. The maximum Gasteiger partial charge on any atom is 0.387 e. The third-order valence-electron chi connectivity index (χ3n) is 2.46. The molecule has 1 heterocycles. The van der Waals surface area contributed by atoms with E-state index in [0.717, 1.165) is 12.1 Å². The van der Waals surface area contributed by atoms with Gasteiger partial charge < -0.3 is 10.5 Å². The van der Waals surface area contributed by atoms with E-state index in [0.29, 0.717) is 0 Å². The average Bonchev–Trinajstić information content (AvgIpc) is 2.39. The molecule has 0 bridgehead atoms. The second-order valence-electron chi connectivity index (χ2n) is 3.71. The number of aromatic nitrogens is 1. The number of hydrogen-bond acceptors (Lipinski definition) is 3. The molecule has 0 radical (unpaired) electrons. The van der Waals surface area contributed by atoms with Crippen LogP contribution in [0.25, 0.3) is 11.1 Å². The topological polar surface area (TPSA) is 48.1 Å². The number of ether oxygens (including phenoxy) is 1. The van der Waals surface area contributed by atoms with Crippen molar-refractivity contribution in [1.29, 1.82) is 0 Å². The Balaban J connectivity index is 2.61. The number of anilines is 1. The zero-order valence-electron chi connectivity index (χ0n) is 9.71. The Bertz CT molecular complexity index is 652. The molecule has 0 aliphatic carbocycles. The Morgan fingerprint density at radius 1 is 1.25 bits per heavy atom.